The topological polar surface area (TPSA) is 38.5 Å². The number of unbranched alkanes of at least 4 members (excludes halogenated alkanes) is 1. The second-order valence-corrected chi connectivity index (χ2v) is 4.45. The summed E-state index contributed by atoms with van der Waals surface area (Å²) in [5.41, 5.74) is 6.67. The van der Waals surface area contributed by atoms with Crippen molar-refractivity contribution in [1.82, 2.24) is 4.90 Å². The van der Waals surface area contributed by atoms with E-state index in [1.54, 1.807) is 0 Å². The van der Waals surface area contributed by atoms with Gasteiger partial charge in [0, 0.05) is 13.1 Å². The van der Waals surface area contributed by atoms with Gasteiger partial charge >= 0.3 is 0 Å². The summed E-state index contributed by atoms with van der Waals surface area (Å²) in [7, 11) is 2.11. The minimum Gasteiger partial charge on any atom is -0.494 e. The Balaban J connectivity index is 2.11. The zero-order valence-electron chi connectivity index (χ0n) is 11.3. The lowest BCUT2D eigenvalue weighted by Gasteiger charge is -2.13. The molecule has 1 aromatic carbocycles. The second kappa shape index (κ2) is 8.72. The van der Waals surface area contributed by atoms with Crippen molar-refractivity contribution in [3.05, 3.63) is 42.5 Å². The van der Waals surface area contributed by atoms with E-state index < -0.39 is 0 Å². The average molecular weight is 248 g/mol. The second-order valence-electron chi connectivity index (χ2n) is 4.45. The maximum absolute atomic E-state index is 5.67. The zero-order valence-corrected chi connectivity index (χ0v) is 11.3. The van der Waals surface area contributed by atoms with Crippen molar-refractivity contribution in [2.24, 2.45) is 5.73 Å². The molecule has 0 aliphatic rings. The molecule has 18 heavy (non-hydrogen) atoms. The predicted octanol–water partition coefficient (Wildman–Crippen LogP) is 2.42. The molecule has 0 spiro atoms. The molecule has 3 heteroatoms. The van der Waals surface area contributed by atoms with Gasteiger partial charge in [-0.25, -0.2) is 0 Å². The van der Waals surface area contributed by atoms with Crippen molar-refractivity contribution in [2.75, 3.05) is 26.7 Å². The van der Waals surface area contributed by atoms with Gasteiger partial charge in [0.15, 0.2) is 0 Å². The highest BCUT2D eigenvalue weighted by Gasteiger charge is 1.97. The van der Waals surface area contributed by atoms with Crippen LogP contribution in [0.4, 0.5) is 0 Å². The van der Waals surface area contributed by atoms with E-state index >= 15 is 0 Å². The normalized spacial score (nSPS) is 10.6. The van der Waals surface area contributed by atoms with E-state index in [-0.39, 0.29) is 0 Å². The van der Waals surface area contributed by atoms with Gasteiger partial charge in [-0.15, -0.1) is 6.58 Å². The fourth-order valence-electron chi connectivity index (χ4n) is 1.71. The van der Waals surface area contributed by atoms with Crippen LogP contribution in [0.25, 0.3) is 0 Å². The summed E-state index contributed by atoms with van der Waals surface area (Å²) in [5, 5.41) is 0. The maximum atomic E-state index is 5.67. The monoisotopic (exact) mass is 248 g/mol. The van der Waals surface area contributed by atoms with Crippen molar-refractivity contribution >= 4 is 0 Å². The number of nitrogens with two attached hydrogens (primary N) is 1. The highest BCUT2D eigenvalue weighted by atomic mass is 16.5. The number of hydrogen-bond acceptors (Lipinski definition) is 3. The molecule has 1 rings (SSSR count). The smallest absolute Gasteiger partial charge is 0.119 e. The van der Waals surface area contributed by atoms with Crippen molar-refractivity contribution in [3.63, 3.8) is 0 Å². The highest BCUT2D eigenvalue weighted by molar-refractivity contribution is 5.26. The third kappa shape index (κ3) is 5.84. The molecule has 0 aliphatic heterocycles. The Morgan fingerprint density at radius 2 is 2.00 bits per heavy atom. The van der Waals surface area contributed by atoms with Gasteiger partial charge in [-0.05, 0) is 44.1 Å². The van der Waals surface area contributed by atoms with Crippen LogP contribution < -0.4 is 10.5 Å². The van der Waals surface area contributed by atoms with Crippen LogP contribution in [0.15, 0.2) is 36.9 Å². The lowest BCUT2D eigenvalue weighted by molar-refractivity contribution is 0.287. The summed E-state index contributed by atoms with van der Waals surface area (Å²) >= 11 is 0. The first kappa shape index (κ1) is 14.7. The van der Waals surface area contributed by atoms with E-state index in [1.165, 1.54) is 0 Å². The van der Waals surface area contributed by atoms with E-state index in [9.17, 15) is 0 Å². The molecule has 0 bridgehead atoms. The average Bonchev–Trinajstić information content (AvgIpc) is 2.39. The summed E-state index contributed by atoms with van der Waals surface area (Å²) in [4.78, 5) is 2.25. The molecule has 1 aromatic rings. The van der Waals surface area contributed by atoms with Gasteiger partial charge in [0.25, 0.3) is 0 Å². The maximum Gasteiger partial charge on any atom is 0.119 e. The molecule has 0 aliphatic carbocycles. The lowest BCUT2D eigenvalue weighted by Crippen LogP contribution is -2.19. The molecule has 0 saturated heterocycles. The first-order valence-corrected chi connectivity index (χ1v) is 6.47. The molecule has 100 valence electrons. The third-order valence-corrected chi connectivity index (χ3v) is 2.80. The van der Waals surface area contributed by atoms with Crippen molar-refractivity contribution < 1.29 is 4.74 Å². The fraction of sp³-hybridized carbons (Fsp3) is 0.467. The van der Waals surface area contributed by atoms with Crippen LogP contribution in [0.1, 0.15) is 18.4 Å². The number of hydrogen-bond donors (Lipinski definition) is 1. The van der Waals surface area contributed by atoms with Gasteiger partial charge in [-0.1, -0.05) is 18.2 Å². The quantitative estimate of drug-likeness (QED) is 0.539. The number of rotatable bonds is 9. The first-order valence-electron chi connectivity index (χ1n) is 6.47. The molecule has 3 nitrogen and oxygen atoms in total. The molecule has 0 radical (unpaired) electrons. The van der Waals surface area contributed by atoms with Gasteiger partial charge in [-0.3, -0.25) is 0 Å². The first-order chi connectivity index (χ1) is 8.76. The Morgan fingerprint density at radius 3 is 2.61 bits per heavy atom. The van der Waals surface area contributed by atoms with Gasteiger partial charge in [0.1, 0.15) is 5.75 Å². The molecule has 0 saturated carbocycles. The zero-order chi connectivity index (χ0) is 13.2. The standard InChI is InChI=1S/C15H24N2O/c1-3-10-17(2)11-4-5-12-18-15-8-6-14(13-16)7-9-15/h3,6-9H,1,4-5,10-13,16H2,2H3. The summed E-state index contributed by atoms with van der Waals surface area (Å²) in [5.74, 6) is 0.923. The van der Waals surface area contributed by atoms with Crippen LogP contribution in [0.2, 0.25) is 0 Å². The molecule has 0 fully saturated rings. The van der Waals surface area contributed by atoms with Crippen molar-refractivity contribution in [3.8, 4) is 5.75 Å². The fourth-order valence-corrected chi connectivity index (χ4v) is 1.71. The van der Waals surface area contributed by atoms with Crippen LogP contribution in [0.5, 0.6) is 5.75 Å². The van der Waals surface area contributed by atoms with Gasteiger partial charge in [-0.2, -0.15) is 0 Å². The van der Waals surface area contributed by atoms with E-state index in [1.807, 2.05) is 30.3 Å². The third-order valence-electron chi connectivity index (χ3n) is 2.80. The molecule has 0 atom stereocenters. The highest BCUT2D eigenvalue weighted by Crippen LogP contribution is 2.12. The van der Waals surface area contributed by atoms with Crippen molar-refractivity contribution in [1.29, 1.82) is 0 Å². The number of likely N-dealkylation sites (N-methyl/N-ethyl adjacent to an activating group) is 1. The van der Waals surface area contributed by atoms with E-state index in [2.05, 4.69) is 18.5 Å². The van der Waals surface area contributed by atoms with Crippen LogP contribution in [-0.2, 0) is 6.54 Å². The summed E-state index contributed by atoms with van der Waals surface area (Å²) in [6.45, 7) is 7.10. The van der Waals surface area contributed by atoms with E-state index in [0.717, 1.165) is 43.9 Å². The van der Waals surface area contributed by atoms with E-state index in [0.29, 0.717) is 6.54 Å². The largest absolute Gasteiger partial charge is 0.494 e. The van der Waals surface area contributed by atoms with Crippen molar-refractivity contribution in [2.45, 2.75) is 19.4 Å². The molecule has 0 unspecified atom stereocenters. The van der Waals surface area contributed by atoms with Crippen LogP contribution in [-0.4, -0.2) is 31.6 Å². The molecule has 2 N–H and O–H groups in total. The molecular formula is C15H24N2O. The number of benzene rings is 1. The lowest BCUT2D eigenvalue weighted by atomic mass is 10.2. The Morgan fingerprint density at radius 1 is 1.28 bits per heavy atom. The van der Waals surface area contributed by atoms with E-state index in [4.69, 9.17) is 10.5 Å². The Labute approximate surface area is 110 Å². The number of nitrogens with zero attached hydrogens (tertiary/aromatic N) is 1. The SMILES string of the molecule is C=CCN(C)CCCCOc1ccc(CN)cc1. The minimum absolute atomic E-state index is 0.579. The Kier molecular flexibility index (Phi) is 7.14. The molecule has 0 heterocycles. The Bertz CT molecular complexity index is 335. The summed E-state index contributed by atoms with van der Waals surface area (Å²) in [6, 6.07) is 7.97. The molecule has 0 aromatic heterocycles. The molecule has 0 amide bonds. The van der Waals surface area contributed by atoms with Gasteiger partial charge < -0.3 is 15.4 Å². The van der Waals surface area contributed by atoms with Gasteiger partial charge in [0.05, 0.1) is 6.61 Å². The Hall–Kier alpha value is -1.32. The minimum atomic E-state index is 0.579. The summed E-state index contributed by atoms with van der Waals surface area (Å²) < 4.78 is 5.67. The number of ether oxygens (including phenoxy) is 1. The summed E-state index contributed by atoms with van der Waals surface area (Å²) in [6.07, 6.45) is 4.14. The van der Waals surface area contributed by atoms with Gasteiger partial charge in [0.2, 0.25) is 0 Å². The predicted molar refractivity (Wildman–Crippen MR) is 76.8 cm³/mol. The van der Waals surface area contributed by atoms with Crippen LogP contribution in [0.3, 0.4) is 0 Å². The van der Waals surface area contributed by atoms with Crippen LogP contribution >= 0.6 is 0 Å². The molecular weight excluding hydrogens is 224 g/mol. The van der Waals surface area contributed by atoms with Crippen LogP contribution in [0, 0.1) is 0 Å².